The molecule has 0 N–H and O–H groups in total. The van der Waals surface area contributed by atoms with Gasteiger partial charge in [-0.15, -0.1) is 0 Å². The van der Waals surface area contributed by atoms with Gasteiger partial charge in [-0.3, -0.25) is 4.79 Å². The Balaban J connectivity index is 1.69. The number of Topliss-reactive ketones (excluding diaryl/α,β-unsaturated/α-hetero) is 1. The molecule has 1 heterocycles. The summed E-state index contributed by atoms with van der Waals surface area (Å²) >= 11 is 0. The van der Waals surface area contributed by atoms with Gasteiger partial charge in [-0.25, -0.2) is 4.98 Å². The number of aromatic nitrogens is 2. The van der Waals surface area contributed by atoms with E-state index in [1.165, 1.54) is 6.42 Å². The number of aryl methyl sites for hydroxylation is 1. The molecule has 0 bridgehead atoms. The molecule has 0 atom stereocenters. The Bertz CT molecular complexity index is 820. The summed E-state index contributed by atoms with van der Waals surface area (Å²) in [5.41, 5.74) is 1.71. The maximum atomic E-state index is 12.6. The van der Waals surface area contributed by atoms with E-state index in [1.54, 1.807) is 18.2 Å². The van der Waals surface area contributed by atoms with Gasteiger partial charge in [-0.2, -0.15) is 8.78 Å². The van der Waals surface area contributed by atoms with Crippen molar-refractivity contribution >= 4 is 16.8 Å². The van der Waals surface area contributed by atoms with E-state index < -0.39 is 6.61 Å². The first-order valence-electron chi connectivity index (χ1n) is 10.2. The molecule has 0 radical (unpaired) electrons. The van der Waals surface area contributed by atoms with Gasteiger partial charge >= 0.3 is 6.61 Å². The molecule has 4 nitrogen and oxygen atoms in total. The highest BCUT2D eigenvalue weighted by atomic mass is 19.3. The minimum atomic E-state index is -2.83. The van der Waals surface area contributed by atoms with E-state index >= 15 is 0 Å². The average Bonchev–Trinajstić information content (AvgIpc) is 2.86. The summed E-state index contributed by atoms with van der Waals surface area (Å²) in [5, 5.41) is 0. The fourth-order valence-corrected chi connectivity index (χ4v) is 3.81. The molecule has 154 valence electrons. The topological polar surface area (TPSA) is 44.1 Å². The number of benzene rings is 1. The third kappa shape index (κ3) is 5.30. The summed E-state index contributed by atoms with van der Waals surface area (Å²) < 4.78 is 31.9. The molecule has 1 aromatic heterocycles. The Morgan fingerprint density at radius 2 is 2.04 bits per heavy atom. The van der Waals surface area contributed by atoms with E-state index in [1.807, 2.05) is 0 Å². The molecule has 0 saturated heterocycles. The highest BCUT2D eigenvalue weighted by molar-refractivity contribution is 5.79. The molecular formula is C22H30F2N2O2. The predicted molar refractivity (Wildman–Crippen MR) is 106 cm³/mol. The summed E-state index contributed by atoms with van der Waals surface area (Å²) in [6.07, 6.45) is 7.10. The third-order valence-electron chi connectivity index (χ3n) is 5.23. The van der Waals surface area contributed by atoms with Crippen LogP contribution in [0.1, 0.15) is 77.6 Å². The number of alkyl halides is 2. The van der Waals surface area contributed by atoms with E-state index in [0.717, 1.165) is 49.0 Å². The summed E-state index contributed by atoms with van der Waals surface area (Å²) in [4.78, 5) is 16.8. The number of hydrogen-bond acceptors (Lipinski definition) is 3. The average molecular weight is 392 g/mol. The summed E-state index contributed by atoms with van der Waals surface area (Å²) in [7, 11) is 0. The van der Waals surface area contributed by atoms with E-state index in [2.05, 4.69) is 30.1 Å². The minimum absolute atomic E-state index is 0.0350. The van der Waals surface area contributed by atoms with Gasteiger partial charge in [0.25, 0.3) is 0 Å². The SMILES string of the molecule is CC(C)(C)CC(=O)CCCCc1nc2ccc(OC(F)F)cc2n1C1CCC1. The zero-order chi connectivity index (χ0) is 20.3. The van der Waals surface area contributed by atoms with Crippen LogP contribution in [0.2, 0.25) is 0 Å². The molecule has 6 heteroatoms. The molecule has 28 heavy (non-hydrogen) atoms. The molecule has 0 unspecified atom stereocenters. The van der Waals surface area contributed by atoms with Gasteiger partial charge in [0.1, 0.15) is 17.4 Å². The van der Waals surface area contributed by atoms with Crippen molar-refractivity contribution in [3.63, 3.8) is 0 Å². The van der Waals surface area contributed by atoms with Gasteiger partial charge in [-0.1, -0.05) is 20.8 Å². The number of imidazole rings is 1. The van der Waals surface area contributed by atoms with E-state index in [9.17, 15) is 13.6 Å². The second-order valence-corrected chi connectivity index (χ2v) is 9.00. The van der Waals surface area contributed by atoms with Crippen LogP contribution in [-0.4, -0.2) is 21.9 Å². The number of halogens is 2. The normalized spacial score (nSPS) is 15.2. The van der Waals surface area contributed by atoms with Crippen LogP contribution in [0.4, 0.5) is 8.78 Å². The van der Waals surface area contributed by atoms with Gasteiger partial charge in [-0.05, 0) is 49.7 Å². The zero-order valence-corrected chi connectivity index (χ0v) is 17.0. The predicted octanol–water partition coefficient (Wildman–Crippen LogP) is 6.08. The number of hydrogen-bond donors (Lipinski definition) is 0. The Hall–Kier alpha value is -1.98. The van der Waals surface area contributed by atoms with Crippen LogP contribution >= 0.6 is 0 Å². The van der Waals surface area contributed by atoms with Crippen LogP contribution in [0.5, 0.6) is 5.75 Å². The van der Waals surface area contributed by atoms with E-state index in [-0.39, 0.29) is 11.2 Å². The molecule has 0 amide bonds. The summed E-state index contributed by atoms with van der Waals surface area (Å²) in [6, 6.07) is 5.34. The largest absolute Gasteiger partial charge is 0.435 e. The van der Waals surface area contributed by atoms with E-state index in [4.69, 9.17) is 4.98 Å². The molecule has 2 aromatic rings. The van der Waals surface area contributed by atoms with Crippen LogP contribution in [0.3, 0.4) is 0 Å². The lowest BCUT2D eigenvalue weighted by Gasteiger charge is -2.29. The van der Waals surface area contributed by atoms with Crippen molar-refractivity contribution < 1.29 is 18.3 Å². The zero-order valence-electron chi connectivity index (χ0n) is 17.0. The van der Waals surface area contributed by atoms with Crippen LogP contribution in [0.25, 0.3) is 11.0 Å². The van der Waals surface area contributed by atoms with Gasteiger partial charge < -0.3 is 9.30 Å². The first kappa shape index (κ1) is 20.7. The molecule has 1 aliphatic carbocycles. The number of carbonyl (C=O) groups is 1. The second-order valence-electron chi connectivity index (χ2n) is 9.00. The fraction of sp³-hybridized carbons (Fsp3) is 0.636. The van der Waals surface area contributed by atoms with Crippen molar-refractivity contribution in [2.45, 2.75) is 84.8 Å². The number of ether oxygens (including phenoxy) is 1. The van der Waals surface area contributed by atoms with Crippen molar-refractivity contribution in [3.8, 4) is 5.75 Å². The Morgan fingerprint density at radius 3 is 2.64 bits per heavy atom. The van der Waals surface area contributed by atoms with Crippen LogP contribution in [0.15, 0.2) is 18.2 Å². The first-order chi connectivity index (χ1) is 13.2. The third-order valence-corrected chi connectivity index (χ3v) is 5.23. The first-order valence-corrected chi connectivity index (χ1v) is 10.2. The molecule has 3 rings (SSSR count). The number of ketones is 1. The van der Waals surface area contributed by atoms with Gasteiger partial charge in [0.2, 0.25) is 0 Å². The lowest BCUT2D eigenvalue weighted by atomic mass is 9.88. The molecule has 1 aromatic carbocycles. The summed E-state index contributed by atoms with van der Waals surface area (Å²) in [6.45, 7) is 3.41. The number of carbonyl (C=O) groups excluding carboxylic acids is 1. The number of unbranched alkanes of at least 4 members (excludes halogenated alkanes) is 1. The van der Waals surface area contributed by atoms with E-state index in [0.29, 0.717) is 24.7 Å². The number of rotatable bonds is 9. The number of nitrogens with zero attached hydrogens (tertiary/aromatic N) is 2. The molecule has 1 aliphatic rings. The van der Waals surface area contributed by atoms with Crippen molar-refractivity contribution in [1.29, 1.82) is 0 Å². The van der Waals surface area contributed by atoms with Crippen LogP contribution < -0.4 is 4.74 Å². The molecule has 1 saturated carbocycles. The highest BCUT2D eigenvalue weighted by Crippen LogP contribution is 2.37. The molecule has 0 aliphatic heterocycles. The molecule has 1 fully saturated rings. The van der Waals surface area contributed by atoms with Crippen molar-refractivity contribution in [2.75, 3.05) is 0 Å². The molecular weight excluding hydrogens is 362 g/mol. The number of fused-ring (bicyclic) bond motifs is 1. The maximum absolute atomic E-state index is 12.6. The van der Waals surface area contributed by atoms with Crippen LogP contribution in [-0.2, 0) is 11.2 Å². The van der Waals surface area contributed by atoms with Crippen molar-refractivity contribution in [3.05, 3.63) is 24.0 Å². The van der Waals surface area contributed by atoms with Crippen molar-refractivity contribution in [2.24, 2.45) is 5.41 Å². The van der Waals surface area contributed by atoms with Gasteiger partial charge in [0.15, 0.2) is 0 Å². The fourth-order valence-electron chi connectivity index (χ4n) is 3.81. The Morgan fingerprint density at radius 1 is 1.29 bits per heavy atom. The molecule has 0 spiro atoms. The Labute approximate surface area is 165 Å². The van der Waals surface area contributed by atoms with Crippen LogP contribution in [0, 0.1) is 5.41 Å². The lowest BCUT2D eigenvalue weighted by molar-refractivity contribution is -0.120. The quantitative estimate of drug-likeness (QED) is 0.486. The Kier molecular flexibility index (Phi) is 6.36. The summed E-state index contributed by atoms with van der Waals surface area (Å²) in [5.74, 6) is 1.47. The standard InChI is InChI=1S/C22H30F2N2O2/c1-22(2,3)14-16(27)9-4-5-10-20-25-18-12-11-17(28-21(23)24)13-19(18)26(20)15-7-6-8-15/h11-13,15,21H,4-10,14H2,1-3H3. The minimum Gasteiger partial charge on any atom is -0.435 e. The highest BCUT2D eigenvalue weighted by Gasteiger charge is 2.25. The lowest BCUT2D eigenvalue weighted by Crippen LogP contribution is -2.19. The maximum Gasteiger partial charge on any atom is 0.387 e. The smallest absolute Gasteiger partial charge is 0.387 e. The van der Waals surface area contributed by atoms with Gasteiger partial charge in [0.05, 0.1) is 11.0 Å². The second kappa shape index (κ2) is 8.58. The monoisotopic (exact) mass is 392 g/mol. The van der Waals surface area contributed by atoms with Gasteiger partial charge in [0, 0.05) is 31.4 Å². The van der Waals surface area contributed by atoms with Crippen molar-refractivity contribution in [1.82, 2.24) is 9.55 Å².